The van der Waals surface area contributed by atoms with Gasteiger partial charge in [-0.05, 0) is 48.3 Å². The standard InChI is InChI=1S/C10H12IN3/c1-14(2)6-7-5-13-10-9(7)8(11)3-4-12-10/h3-5H,6H2,1-2H3,(H,12,13). The van der Waals surface area contributed by atoms with Crippen LogP contribution in [0.4, 0.5) is 0 Å². The van der Waals surface area contributed by atoms with Crippen molar-refractivity contribution < 1.29 is 0 Å². The number of H-pyrrole nitrogens is 1. The lowest BCUT2D eigenvalue weighted by Gasteiger charge is -2.08. The minimum Gasteiger partial charge on any atom is -0.346 e. The molecule has 0 aromatic carbocycles. The van der Waals surface area contributed by atoms with Gasteiger partial charge in [-0.1, -0.05) is 0 Å². The first-order chi connectivity index (χ1) is 6.68. The van der Waals surface area contributed by atoms with Crippen molar-refractivity contribution in [2.24, 2.45) is 0 Å². The van der Waals surface area contributed by atoms with E-state index in [9.17, 15) is 0 Å². The van der Waals surface area contributed by atoms with E-state index in [0.717, 1.165) is 12.2 Å². The monoisotopic (exact) mass is 301 g/mol. The van der Waals surface area contributed by atoms with Crippen LogP contribution in [0, 0.1) is 3.57 Å². The Morgan fingerprint density at radius 3 is 3.00 bits per heavy atom. The predicted octanol–water partition coefficient (Wildman–Crippen LogP) is 2.23. The molecule has 14 heavy (non-hydrogen) atoms. The molecule has 0 fully saturated rings. The van der Waals surface area contributed by atoms with E-state index in [1.54, 1.807) is 0 Å². The molecule has 0 saturated heterocycles. The third kappa shape index (κ3) is 1.76. The van der Waals surface area contributed by atoms with E-state index in [1.807, 2.05) is 18.5 Å². The molecule has 3 nitrogen and oxygen atoms in total. The highest BCUT2D eigenvalue weighted by atomic mass is 127. The quantitative estimate of drug-likeness (QED) is 0.863. The summed E-state index contributed by atoms with van der Waals surface area (Å²) in [7, 11) is 4.14. The van der Waals surface area contributed by atoms with E-state index < -0.39 is 0 Å². The molecule has 0 aliphatic carbocycles. The molecule has 74 valence electrons. The number of hydrogen-bond acceptors (Lipinski definition) is 2. The van der Waals surface area contributed by atoms with Crippen LogP contribution in [0.3, 0.4) is 0 Å². The summed E-state index contributed by atoms with van der Waals surface area (Å²) in [5, 5.41) is 1.25. The van der Waals surface area contributed by atoms with E-state index in [2.05, 4.69) is 51.6 Å². The fraction of sp³-hybridized carbons (Fsp3) is 0.300. The predicted molar refractivity (Wildman–Crippen MR) is 66.2 cm³/mol. The second-order valence-electron chi connectivity index (χ2n) is 3.57. The maximum absolute atomic E-state index is 4.29. The van der Waals surface area contributed by atoms with Crippen molar-refractivity contribution in [2.45, 2.75) is 6.54 Å². The number of aromatic amines is 1. The van der Waals surface area contributed by atoms with Crippen molar-refractivity contribution in [3.63, 3.8) is 0 Å². The molecule has 2 aromatic rings. The van der Waals surface area contributed by atoms with E-state index in [4.69, 9.17) is 0 Å². The molecular formula is C10H12IN3. The van der Waals surface area contributed by atoms with Crippen LogP contribution in [0.15, 0.2) is 18.5 Å². The van der Waals surface area contributed by atoms with Crippen LogP contribution in [0.25, 0.3) is 11.0 Å². The van der Waals surface area contributed by atoms with E-state index in [0.29, 0.717) is 0 Å². The Balaban J connectivity index is 2.55. The van der Waals surface area contributed by atoms with Gasteiger partial charge < -0.3 is 9.88 Å². The third-order valence-corrected chi connectivity index (χ3v) is 2.99. The fourth-order valence-electron chi connectivity index (χ4n) is 1.55. The number of hydrogen-bond donors (Lipinski definition) is 1. The number of rotatable bonds is 2. The summed E-state index contributed by atoms with van der Waals surface area (Å²) >= 11 is 2.35. The van der Waals surface area contributed by atoms with E-state index in [1.165, 1.54) is 14.5 Å². The van der Waals surface area contributed by atoms with Gasteiger partial charge >= 0.3 is 0 Å². The first-order valence-electron chi connectivity index (χ1n) is 4.43. The molecule has 0 amide bonds. The molecule has 0 atom stereocenters. The molecule has 2 aromatic heterocycles. The van der Waals surface area contributed by atoms with Gasteiger partial charge in [0.05, 0.1) is 0 Å². The lowest BCUT2D eigenvalue weighted by Crippen LogP contribution is -2.10. The summed E-state index contributed by atoms with van der Waals surface area (Å²) in [4.78, 5) is 9.64. The average molecular weight is 301 g/mol. The molecule has 1 N–H and O–H groups in total. The van der Waals surface area contributed by atoms with Gasteiger partial charge in [-0.3, -0.25) is 0 Å². The van der Waals surface area contributed by atoms with Gasteiger partial charge in [0, 0.05) is 27.9 Å². The Kier molecular flexibility index (Phi) is 2.73. The summed E-state index contributed by atoms with van der Waals surface area (Å²) in [5.74, 6) is 0. The number of halogens is 1. The lowest BCUT2D eigenvalue weighted by atomic mass is 10.2. The van der Waals surface area contributed by atoms with Gasteiger partial charge in [0.25, 0.3) is 0 Å². The highest BCUT2D eigenvalue weighted by Gasteiger charge is 2.07. The van der Waals surface area contributed by atoms with Crippen LogP contribution in [0.2, 0.25) is 0 Å². The zero-order chi connectivity index (χ0) is 10.1. The Morgan fingerprint density at radius 2 is 2.29 bits per heavy atom. The Bertz CT molecular complexity index is 448. The molecule has 4 heteroatoms. The van der Waals surface area contributed by atoms with Gasteiger partial charge in [0.2, 0.25) is 0 Å². The van der Waals surface area contributed by atoms with Crippen molar-refractivity contribution in [2.75, 3.05) is 14.1 Å². The molecule has 2 rings (SSSR count). The molecular weight excluding hydrogens is 289 g/mol. The molecule has 0 aliphatic heterocycles. The van der Waals surface area contributed by atoms with Crippen LogP contribution in [0.1, 0.15) is 5.56 Å². The van der Waals surface area contributed by atoms with Gasteiger partial charge in [-0.15, -0.1) is 0 Å². The van der Waals surface area contributed by atoms with E-state index >= 15 is 0 Å². The highest BCUT2D eigenvalue weighted by Crippen LogP contribution is 2.22. The first kappa shape index (κ1) is 9.92. The Labute approximate surface area is 96.7 Å². The fourth-order valence-corrected chi connectivity index (χ4v) is 2.31. The number of pyridine rings is 1. The van der Waals surface area contributed by atoms with Gasteiger partial charge in [-0.25, -0.2) is 4.98 Å². The Hall–Kier alpha value is -0.620. The summed E-state index contributed by atoms with van der Waals surface area (Å²) in [6, 6.07) is 2.04. The molecule has 2 heterocycles. The smallest absolute Gasteiger partial charge is 0.138 e. The molecule has 0 spiro atoms. The van der Waals surface area contributed by atoms with E-state index in [-0.39, 0.29) is 0 Å². The van der Waals surface area contributed by atoms with Crippen LogP contribution >= 0.6 is 22.6 Å². The molecule has 0 bridgehead atoms. The summed E-state index contributed by atoms with van der Waals surface area (Å²) in [5.41, 5.74) is 2.29. The maximum Gasteiger partial charge on any atom is 0.138 e. The van der Waals surface area contributed by atoms with Gasteiger partial charge in [0.1, 0.15) is 5.65 Å². The third-order valence-electron chi connectivity index (χ3n) is 2.09. The number of nitrogens with zero attached hydrogens (tertiary/aromatic N) is 2. The zero-order valence-corrected chi connectivity index (χ0v) is 10.4. The van der Waals surface area contributed by atoms with Crippen LogP contribution in [-0.4, -0.2) is 29.0 Å². The minimum atomic E-state index is 0.946. The number of aromatic nitrogens is 2. The average Bonchev–Trinajstić information content (AvgIpc) is 2.49. The van der Waals surface area contributed by atoms with Gasteiger partial charge in [0.15, 0.2) is 0 Å². The molecule has 0 unspecified atom stereocenters. The van der Waals surface area contributed by atoms with Crippen molar-refractivity contribution >= 4 is 33.6 Å². The number of nitrogens with one attached hydrogen (secondary N) is 1. The summed E-state index contributed by atoms with van der Waals surface area (Å²) < 4.78 is 1.26. The largest absolute Gasteiger partial charge is 0.346 e. The molecule has 0 aliphatic rings. The van der Waals surface area contributed by atoms with Crippen molar-refractivity contribution in [1.29, 1.82) is 0 Å². The Morgan fingerprint density at radius 1 is 1.50 bits per heavy atom. The van der Waals surface area contributed by atoms with Crippen LogP contribution in [-0.2, 0) is 6.54 Å². The summed E-state index contributed by atoms with van der Waals surface area (Å²) in [6.45, 7) is 0.946. The molecule has 0 saturated carbocycles. The second kappa shape index (κ2) is 3.86. The van der Waals surface area contributed by atoms with Crippen LogP contribution in [0.5, 0.6) is 0 Å². The topological polar surface area (TPSA) is 31.9 Å². The first-order valence-corrected chi connectivity index (χ1v) is 5.51. The second-order valence-corrected chi connectivity index (χ2v) is 4.73. The SMILES string of the molecule is CN(C)Cc1c[nH]c2nccc(I)c12. The van der Waals surface area contributed by atoms with Crippen LogP contribution < -0.4 is 0 Å². The maximum atomic E-state index is 4.29. The highest BCUT2D eigenvalue weighted by molar-refractivity contribution is 14.1. The van der Waals surface area contributed by atoms with Crippen molar-refractivity contribution in [3.8, 4) is 0 Å². The number of fused-ring (bicyclic) bond motifs is 1. The minimum absolute atomic E-state index is 0.946. The van der Waals surface area contributed by atoms with Crippen molar-refractivity contribution in [1.82, 2.24) is 14.9 Å². The zero-order valence-electron chi connectivity index (χ0n) is 8.21. The molecule has 0 radical (unpaired) electrons. The lowest BCUT2D eigenvalue weighted by molar-refractivity contribution is 0.404. The van der Waals surface area contributed by atoms with Crippen molar-refractivity contribution in [3.05, 3.63) is 27.6 Å². The normalized spacial score (nSPS) is 11.4. The summed E-state index contributed by atoms with van der Waals surface area (Å²) in [6.07, 6.45) is 3.87. The van der Waals surface area contributed by atoms with Gasteiger partial charge in [-0.2, -0.15) is 0 Å².